The number of sulfonamides is 1. The standard InChI is InChI=1S/C25H25NO7S2/c1-31-22-10-8-18(14-23(22)32-2)35(29,30)26-11-12-34-24-19-6-4-3-5-17(19)15-33-21-9-7-16(25(27)28)13-20(21)24/h3-10,14,26H,11-13,15H2,1-2H3,(H,27,28). The highest BCUT2D eigenvalue weighted by Gasteiger charge is 2.26. The minimum Gasteiger partial charge on any atom is -0.493 e. The molecule has 0 radical (unpaired) electrons. The van der Waals surface area contributed by atoms with Crippen LogP contribution in [0.3, 0.4) is 0 Å². The van der Waals surface area contributed by atoms with Crippen molar-refractivity contribution in [2.45, 2.75) is 17.9 Å². The van der Waals surface area contributed by atoms with Crippen LogP contribution in [-0.2, 0) is 26.2 Å². The van der Waals surface area contributed by atoms with Crippen molar-refractivity contribution in [1.29, 1.82) is 0 Å². The first-order valence-corrected chi connectivity index (χ1v) is 13.2. The van der Waals surface area contributed by atoms with Crippen LogP contribution in [0.4, 0.5) is 0 Å². The minimum atomic E-state index is -3.77. The first-order chi connectivity index (χ1) is 16.8. The fraction of sp³-hybridized carbons (Fsp3) is 0.240. The first-order valence-electron chi connectivity index (χ1n) is 10.8. The number of aliphatic carboxylic acids is 1. The van der Waals surface area contributed by atoms with E-state index in [0.717, 1.165) is 21.6 Å². The SMILES string of the molecule is COc1ccc(S(=O)(=O)NCCSC2=C3CC(C(=O)O)=CC=C3OCc3ccccc32)cc1OC. The highest BCUT2D eigenvalue weighted by atomic mass is 32.2. The van der Waals surface area contributed by atoms with Crippen LogP contribution in [-0.4, -0.2) is 46.0 Å². The summed E-state index contributed by atoms with van der Waals surface area (Å²) in [6, 6.07) is 12.2. The molecule has 2 aromatic rings. The Bertz CT molecular complexity index is 1340. The van der Waals surface area contributed by atoms with Crippen LogP contribution in [0.5, 0.6) is 11.5 Å². The summed E-state index contributed by atoms with van der Waals surface area (Å²) in [5.41, 5.74) is 3.02. The van der Waals surface area contributed by atoms with Gasteiger partial charge in [0, 0.05) is 40.8 Å². The van der Waals surface area contributed by atoms with Gasteiger partial charge < -0.3 is 19.3 Å². The van der Waals surface area contributed by atoms with E-state index in [1.165, 1.54) is 38.1 Å². The lowest BCUT2D eigenvalue weighted by Crippen LogP contribution is -2.26. The zero-order chi connectivity index (χ0) is 25.0. The molecular weight excluding hydrogens is 490 g/mol. The third-order valence-corrected chi connectivity index (χ3v) is 8.22. The number of methoxy groups -OCH3 is 2. The highest BCUT2D eigenvalue weighted by Crippen LogP contribution is 2.42. The third kappa shape index (κ3) is 5.39. The molecule has 0 spiro atoms. The minimum absolute atomic E-state index is 0.0733. The van der Waals surface area contributed by atoms with Gasteiger partial charge in [-0.15, -0.1) is 11.8 Å². The van der Waals surface area contributed by atoms with Gasteiger partial charge >= 0.3 is 5.97 Å². The van der Waals surface area contributed by atoms with Crippen LogP contribution >= 0.6 is 11.8 Å². The number of carboxylic acids is 1. The molecule has 8 nitrogen and oxygen atoms in total. The molecule has 0 bridgehead atoms. The fourth-order valence-electron chi connectivity index (χ4n) is 3.83. The van der Waals surface area contributed by atoms with Crippen molar-refractivity contribution in [3.05, 3.63) is 82.6 Å². The van der Waals surface area contributed by atoms with E-state index < -0.39 is 16.0 Å². The van der Waals surface area contributed by atoms with E-state index >= 15 is 0 Å². The van der Waals surface area contributed by atoms with Crippen molar-refractivity contribution < 1.29 is 32.5 Å². The molecule has 2 N–H and O–H groups in total. The van der Waals surface area contributed by atoms with Crippen molar-refractivity contribution in [1.82, 2.24) is 4.72 Å². The van der Waals surface area contributed by atoms with Crippen molar-refractivity contribution >= 4 is 32.7 Å². The zero-order valence-corrected chi connectivity index (χ0v) is 20.9. The lowest BCUT2D eigenvalue weighted by atomic mass is 9.95. The number of carbonyl (C=O) groups is 1. The lowest BCUT2D eigenvalue weighted by Gasteiger charge is -2.18. The molecule has 4 rings (SSSR count). The van der Waals surface area contributed by atoms with Gasteiger partial charge in [0.15, 0.2) is 11.5 Å². The van der Waals surface area contributed by atoms with Crippen LogP contribution in [0.2, 0.25) is 0 Å². The number of hydrogen-bond donors (Lipinski definition) is 2. The smallest absolute Gasteiger partial charge is 0.331 e. The molecule has 0 aromatic heterocycles. The molecule has 2 aromatic carbocycles. The summed E-state index contributed by atoms with van der Waals surface area (Å²) in [5.74, 6) is 0.859. The van der Waals surface area contributed by atoms with E-state index in [1.54, 1.807) is 18.2 Å². The lowest BCUT2D eigenvalue weighted by molar-refractivity contribution is -0.132. The van der Waals surface area contributed by atoms with Gasteiger partial charge in [0.25, 0.3) is 0 Å². The third-order valence-electron chi connectivity index (χ3n) is 5.60. The largest absolute Gasteiger partial charge is 0.493 e. The molecule has 1 aliphatic carbocycles. The molecule has 0 saturated carbocycles. The molecule has 0 atom stereocenters. The van der Waals surface area contributed by atoms with Gasteiger partial charge in [-0.25, -0.2) is 17.9 Å². The number of thioether (sulfide) groups is 1. The maximum Gasteiger partial charge on any atom is 0.331 e. The summed E-state index contributed by atoms with van der Waals surface area (Å²) < 4.78 is 44.6. The Kier molecular flexibility index (Phi) is 7.54. The van der Waals surface area contributed by atoms with Gasteiger partial charge in [-0.2, -0.15) is 0 Å². The number of nitrogens with one attached hydrogen (secondary N) is 1. The van der Waals surface area contributed by atoms with Gasteiger partial charge in [-0.1, -0.05) is 24.3 Å². The Balaban J connectivity index is 1.53. The van der Waals surface area contributed by atoms with Crippen LogP contribution in [0.25, 0.3) is 4.91 Å². The summed E-state index contributed by atoms with van der Waals surface area (Å²) in [7, 11) is -0.843. The predicted molar refractivity (Wildman–Crippen MR) is 134 cm³/mol. The molecule has 0 saturated heterocycles. The average molecular weight is 516 g/mol. The zero-order valence-electron chi connectivity index (χ0n) is 19.2. The van der Waals surface area contributed by atoms with Gasteiger partial charge in [-0.05, 0) is 35.4 Å². The molecular formula is C25H25NO7S2. The summed E-state index contributed by atoms with van der Waals surface area (Å²) in [6.07, 6.45) is 3.49. The van der Waals surface area contributed by atoms with E-state index in [9.17, 15) is 18.3 Å². The second-order valence-electron chi connectivity index (χ2n) is 7.72. The highest BCUT2D eigenvalue weighted by molar-refractivity contribution is 8.08. The number of carboxylic acid groups (broad SMARTS) is 1. The van der Waals surface area contributed by atoms with Gasteiger partial charge in [-0.3, -0.25) is 0 Å². The fourth-order valence-corrected chi connectivity index (χ4v) is 6.12. The Labute approximate surface area is 208 Å². The Morgan fingerprint density at radius 2 is 1.89 bits per heavy atom. The summed E-state index contributed by atoms with van der Waals surface area (Å²) in [5, 5.41) is 9.50. The molecule has 184 valence electrons. The molecule has 10 heteroatoms. The molecule has 0 fully saturated rings. The van der Waals surface area contributed by atoms with E-state index in [2.05, 4.69) is 4.72 Å². The molecule has 0 unspecified atom stereocenters. The van der Waals surface area contributed by atoms with Crippen molar-refractivity contribution in [2.75, 3.05) is 26.5 Å². The number of benzene rings is 2. The molecule has 1 aliphatic heterocycles. The second-order valence-corrected chi connectivity index (χ2v) is 10.6. The van der Waals surface area contributed by atoms with Crippen LogP contribution < -0.4 is 14.2 Å². The number of fused-ring (bicyclic) bond motifs is 2. The number of rotatable bonds is 9. The van der Waals surface area contributed by atoms with Crippen LogP contribution in [0, 0.1) is 0 Å². The number of ether oxygens (including phenoxy) is 3. The van der Waals surface area contributed by atoms with Gasteiger partial charge in [0.2, 0.25) is 10.0 Å². The number of allylic oxidation sites excluding steroid dienone is 3. The van der Waals surface area contributed by atoms with Crippen molar-refractivity contribution in [3.8, 4) is 11.5 Å². The number of hydrogen-bond acceptors (Lipinski definition) is 7. The Morgan fingerprint density at radius 3 is 2.63 bits per heavy atom. The first kappa shape index (κ1) is 24.9. The maximum atomic E-state index is 12.8. The predicted octanol–water partition coefficient (Wildman–Crippen LogP) is 3.96. The van der Waals surface area contributed by atoms with Crippen LogP contribution in [0.1, 0.15) is 17.5 Å². The second kappa shape index (κ2) is 10.6. The normalized spacial score (nSPS) is 15.1. The van der Waals surface area contributed by atoms with Crippen molar-refractivity contribution in [3.63, 3.8) is 0 Å². The summed E-state index contributed by atoms with van der Waals surface area (Å²) in [4.78, 5) is 12.6. The molecule has 35 heavy (non-hydrogen) atoms. The van der Waals surface area contributed by atoms with E-state index in [1.807, 2.05) is 24.3 Å². The van der Waals surface area contributed by atoms with E-state index in [0.29, 0.717) is 29.6 Å². The topological polar surface area (TPSA) is 111 Å². The van der Waals surface area contributed by atoms with E-state index in [-0.39, 0.29) is 23.4 Å². The van der Waals surface area contributed by atoms with Crippen molar-refractivity contribution in [2.24, 2.45) is 0 Å². The Hall–Kier alpha value is -3.21. The Morgan fingerprint density at radius 1 is 1.11 bits per heavy atom. The molecule has 1 heterocycles. The maximum absolute atomic E-state index is 12.8. The van der Waals surface area contributed by atoms with Gasteiger partial charge in [0.1, 0.15) is 12.4 Å². The molecule has 2 aliphatic rings. The molecule has 0 amide bonds. The summed E-state index contributed by atoms with van der Waals surface area (Å²) in [6.45, 7) is 0.541. The van der Waals surface area contributed by atoms with Gasteiger partial charge in [0.05, 0.1) is 19.1 Å². The van der Waals surface area contributed by atoms with Crippen LogP contribution in [0.15, 0.2) is 76.4 Å². The monoisotopic (exact) mass is 515 g/mol. The van der Waals surface area contributed by atoms with E-state index in [4.69, 9.17) is 14.2 Å². The average Bonchev–Trinajstić information content (AvgIpc) is 3.02. The summed E-state index contributed by atoms with van der Waals surface area (Å²) >= 11 is 1.47. The quantitative estimate of drug-likeness (QED) is 0.483.